The normalized spacial score (nSPS) is 8.85. The van der Waals surface area contributed by atoms with E-state index in [0.717, 1.165) is 0 Å². The van der Waals surface area contributed by atoms with E-state index in [1.54, 1.807) is 6.07 Å². The van der Waals surface area contributed by atoms with Gasteiger partial charge < -0.3 is 4.74 Å². The lowest BCUT2D eigenvalue weighted by Gasteiger charge is -1.99. The van der Waals surface area contributed by atoms with Crippen LogP contribution >= 0.6 is 27.5 Å². The molecule has 0 atom stereocenters. The molecule has 5 heteroatoms. The molecule has 1 rings (SSSR count). The molecule has 0 spiro atoms. The van der Waals surface area contributed by atoms with Gasteiger partial charge in [-0.25, -0.2) is 9.78 Å². The number of nitrogens with zero attached hydrogens (tertiary/aromatic N) is 1. The minimum atomic E-state index is -0.496. The summed E-state index contributed by atoms with van der Waals surface area (Å²) in [5, 5.41) is 0.248. The van der Waals surface area contributed by atoms with Gasteiger partial charge in [0.05, 0.1) is 11.6 Å². The van der Waals surface area contributed by atoms with Crippen molar-refractivity contribution in [1.82, 2.24) is 4.98 Å². The summed E-state index contributed by atoms with van der Waals surface area (Å²) in [5.74, 6) is -0.496. The van der Waals surface area contributed by atoms with Crippen molar-refractivity contribution in [3.63, 3.8) is 0 Å². The summed E-state index contributed by atoms with van der Waals surface area (Å²) in [6.07, 6.45) is 0. The molecular formula is C8H9BrClNO2. The number of halogens is 2. The van der Waals surface area contributed by atoms with Crippen molar-refractivity contribution in [2.75, 3.05) is 7.11 Å². The number of carbonyl (C=O) groups is 1. The second-order valence-corrected chi connectivity index (χ2v) is 3.17. The second-order valence-electron chi connectivity index (χ2n) is 1.96. The second kappa shape index (κ2) is 5.19. The molecular weight excluding hydrogens is 257 g/mol. The van der Waals surface area contributed by atoms with Gasteiger partial charge in [-0.05, 0) is 28.1 Å². The summed E-state index contributed by atoms with van der Waals surface area (Å²) in [6.45, 7) is 0. The summed E-state index contributed by atoms with van der Waals surface area (Å²) >= 11 is 8.80. The number of esters is 1. The van der Waals surface area contributed by atoms with Crippen LogP contribution in [0.1, 0.15) is 17.9 Å². The van der Waals surface area contributed by atoms with Crippen LogP contribution in [-0.4, -0.2) is 18.1 Å². The third-order valence-corrected chi connectivity index (χ3v) is 2.35. The van der Waals surface area contributed by atoms with E-state index in [-0.39, 0.29) is 18.3 Å². The number of pyridine rings is 1. The van der Waals surface area contributed by atoms with Crippen LogP contribution in [0.25, 0.3) is 0 Å². The van der Waals surface area contributed by atoms with Crippen LogP contribution in [0, 0.1) is 0 Å². The Morgan fingerprint density at radius 3 is 2.69 bits per heavy atom. The number of methoxy groups -OCH3 is 1. The molecule has 0 amide bonds. The van der Waals surface area contributed by atoms with Gasteiger partial charge in [-0.3, -0.25) is 0 Å². The van der Waals surface area contributed by atoms with Gasteiger partial charge in [0.15, 0.2) is 0 Å². The lowest BCUT2D eigenvalue weighted by molar-refractivity contribution is 0.0594. The Balaban J connectivity index is 0.00000144. The zero-order valence-electron chi connectivity index (χ0n) is 6.17. The molecule has 0 unspecified atom stereocenters. The molecule has 13 heavy (non-hydrogen) atoms. The summed E-state index contributed by atoms with van der Waals surface area (Å²) in [5.41, 5.74) is 0.200. The summed E-state index contributed by atoms with van der Waals surface area (Å²) in [4.78, 5) is 14.7. The van der Waals surface area contributed by atoms with Crippen LogP contribution in [-0.2, 0) is 4.74 Å². The van der Waals surface area contributed by atoms with Crippen LogP contribution in [0.3, 0.4) is 0 Å². The van der Waals surface area contributed by atoms with E-state index in [1.165, 1.54) is 13.2 Å². The molecule has 0 saturated carbocycles. The quantitative estimate of drug-likeness (QED) is 0.579. The standard InChI is InChI=1S/C7H5BrClNO2.CH4/c1-12-7(11)5-3-2-4(8)6(9)10-5;/h2-3H,1H3;1H4. The fourth-order valence-electron chi connectivity index (χ4n) is 0.636. The van der Waals surface area contributed by atoms with Gasteiger partial charge in [-0.2, -0.15) is 0 Å². The van der Waals surface area contributed by atoms with Crippen LogP contribution < -0.4 is 0 Å². The van der Waals surface area contributed by atoms with Crippen molar-refractivity contribution in [2.24, 2.45) is 0 Å². The Bertz CT molecular complexity index is 317. The molecule has 0 N–H and O–H groups in total. The van der Waals surface area contributed by atoms with E-state index in [9.17, 15) is 4.79 Å². The summed E-state index contributed by atoms with van der Waals surface area (Å²) in [6, 6.07) is 3.17. The highest BCUT2D eigenvalue weighted by Crippen LogP contribution is 2.19. The van der Waals surface area contributed by atoms with Gasteiger partial charge in [-0.1, -0.05) is 19.0 Å². The van der Waals surface area contributed by atoms with E-state index >= 15 is 0 Å². The molecule has 0 saturated heterocycles. The van der Waals surface area contributed by atoms with Gasteiger partial charge in [0.2, 0.25) is 0 Å². The maximum absolute atomic E-state index is 10.9. The average Bonchev–Trinajstić information content (AvgIpc) is 2.08. The minimum Gasteiger partial charge on any atom is -0.464 e. The van der Waals surface area contributed by atoms with E-state index in [2.05, 4.69) is 25.7 Å². The first-order valence-corrected chi connectivity index (χ1v) is 4.22. The van der Waals surface area contributed by atoms with Crippen molar-refractivity contribution < 1.29 is 9.53 Å². The van der Waals surface area contributed by atoms with Crippen molar-refractivity contribution in [2.45, 2.75) is 7.43 Å². The van der Waals surface area contributed by atoms with Crippen LogP contribution in [0.5, 0.6) is 0 Å². The average molecular weight is 267 g/mol. The zero-order valence-corrected chi connectivity index (χ0v) is 8.52. The molecule has 1 heterocycles. The van der Waals surface area contributed by atoms with Gasteiger partial charge in [-0.15, -0.1) is 0 Å². The van der Waals surface area contributed by atoms with E-state index in [1.807, 2.05) is 0 Å². The molecule has 0 aliphatic heterocycles. The predicted octanol–water partition coefficient (Wildman–Crippen LogP) is 2.92. The fraction of sp³-hybridized carbons (Fsp3) is 0.250. The SMILES string of the molecule is C.COC(=O)c1ccc(Br)c(Cl)n1. The first-order chi connectivity index (χ1) is 5.65. The smallest absolute Gasteiger partial charge is 0.356 e. The predicted molar refractivity (Wildman–Crippen MR) is 55.0 cm³/mol. The maximum atomic E-state index is 10.9. The number of aromatic nitrogens is 1. The first-order valence-electron chi connectivity index (χ1n) is 3.05. The highest BCUT2D eigenvalue weighted by atomic mass is 79.9. The largest absolute Gasteiger partial charge is 0.464 e. The molecule has 0 bridgehead atoms. The monoisotopic (exact) mass is 265 g/mol. The molecule has 0 aliphatic rings. The van der Waals surface area contributed by atoms with Gasteiger partial charge in [0, 0.05) is 0 Å². The van der Waals surface area contributed by atoms with Crippen molar-refractivity contribution in [3.05, 3.63) is 27.5 Å². The third kappa shape index (κ3) is 2.97. The molecule has 1 aromatic rings. The van der Waals surface area contributed by atoms with Crippen LogP contribution in [0.2, 0.25) is 5.15 Å². The van der Waals surface area contributed by atoms with Crippen molar-refractivity contribution in [3.8, 4) is 0 Å². The molecule has 0 radical (unpaired) electrons. The molecule has 0 aliphatic carbocycles. The highest BCUT2D eigenvalue weighted by Gasteiger charge is 2.08. The third-order valence-electron chi connectivity index (χ3n) is 1.20. The van der Waals surface area contributed by atoms with E-state index in [4.69, 9.17) is 11.6 Å². The highest BCUT2D eigenvalue weighted by molar-refractivity contribution is 9.10. The van der Waals surface area contributed by atoms with Gasteiger partial charge in [0.25, 0.3) is 0 Å². The topological polar surface area (TPSA) is 39.2 Å². The van der Waals surface area contributed by atoms with Gasteiger partial charge in [0.1, 0.15) is 10.8 Å². The summed E-state index contributed by atoms with van der Waals surface area (Å²) < 4.78 is 5.11. The van der Waals surface area contributed by atoms with Gasteiger partial charge >= 0.3 is 5.97 Å². The molecule has 0 aromatic carbocycles. The Morgan fingerprint density at radius 1 is 1.62 bits per heavy atom. The maximum Gasteiger partial charge on any atom is 0.356 e. The minimum absolute atomic E-state index is 0. The fourth-order valence-corrected chi connectivity index (χ4v) is 1.01. The Morgan fingerprint density at radius 2 is 2.23 bits per heavy atom. The van der Waals surface area contributed by atoms with E-state index < -0.39 is 5.97 Å². The molecule has 1 aromatic heterocycles. The number of ether oxygens (including phenoxy) is 1. The van der Waals surface area contributed by atoms with Crippen LogP contribution in [0.4, 0.5) is 0 Å². The molecule has 0 fully saturated rings. The van der Waals surface area contributed by atoms with Crippen molar-refractivity contribution in [1.29, 1.82) is 0 Å². The number of hydrogen-bond acceptors (Lipinski definition) is 3. The number of carbonyl (C=O) groups excluding carboxylic acids is 1. The molecule has 3 nitrogen and oxygen atoms in total. The lowest BCUT2D eigenvalue weighted by atomic mass is 10.4. The zero-order chi connectivity index (χ0) is 9.14. The number of hydrogen-bond donors (Lipinski definition) is 0. The van der Waals surface area contributed by atoms with Crippen molar-refractivity contribution >= 4 is 33.5 Å². The Labute approximate surface area is 90.2 Å². The Hall–Kier alpha value is -0.610. The molecule has 72 valence electrons. The number of rotatable bonds is 1. The Kier molecular flexibility index (Phi) is 4.95. The summed E-state index contributed by atoms with van der Waals surface area (Å²) in [7, 11) is 1.29. The first kappa shape index (κ1) is 12.4. The van der Waals surface area contributed by atoms with E-state index in [0.29, 0.717) is 4.47 Å². The lowest BCUT2D eigenvalue weighted by Crippen LogP contribution is -2.03. The van der Waals surface area contributed by atoms with Crippen LogP contribution in [0.15, 0.2) is 16.6 Å².